The molecule has 14 heavy (non-hydrogen) atoms. The molecule has 0 radical (unpaired) electrons. The van der Waals surface area contributed by atoms with Crippen molar-refractivity contribution < 1.29 is 9.94 Å². The van der Waals surface area contributed by atoms with Gasteiger partial charge in [0.25, 0.3) is 0 Å². The predicted octanol–water partition coefficient (Wildman–Crippen LogP) is 2.43. The van der Waals surface area contributed by atoms with Crippen LogP contribution in [0, 0.1) is 0 Å². The molecule has 0 aromatic heterocycles. The zero-order valence-corrected chi connectivity index (χ0v) is 8.45. The van der Waals surface area contributed by atoms with E-state index in [1.165, 1.54) is 0 Å². The van der Waals surface area contributed by atoms with E-state index in [-0.39, 0.29) is 0 Å². The molecule has 1 aromatic carbocycles. The Bertz CT molecular complexity index is 306. The highest BCUT2D eigenvalue weighted by Crippen LogP contribution is 2.07. The molecule has 2 N–H and O–H groups in total. The van der Waals surface area contributed by atoms with Crippen molar-refractivity contribution in [2.45, 2.75) is 20.5 Å². The largest absolute Gasteiger partial charge is 0.492 e. The molecule has 0 unspecified atom stereocenters. The van der Waals surface area contributed by atoms with Gasteiger partial charge in [-0.05, 0) is 19.4 Å². The van der Waals surface area contributed by atoms with Gasteiger partial charge in [0, 0.05) is 0 Å². The molecule has 0 bridgehead atoms. The highest BCUT2D eigenvalue weighted by atomic mass is 16.5. The highest BCUT2D eigenvalue weighted by molar-refractivity contribution is 5.14. The Hall–Kier alpha value is -1.48. The van der Waals surface area contributed by atoms with Gasteiger partial charge in [-0.2, -0.15) is 0 Å². The third-order valence-electron chi connectivity index (χ3n) is 1.99. The van der Waals surface area contributed by atoms with Crippen LogP contribution < -0.4 is 5.48 Å². The molecule has 0 spiro atoms. The molecule has 0 atom stereocenters. The van der Waals surface area contributed by atoms with Crippen molar-refractivity contribution in [1.82, 2.24) is 5.48 Å². The summed E-state index contributed by atoms with van der Waals surface area (Å²) in [6.07, 6.45) is 0. The Balaban J connectivity index is 2.50. The second-order valence-corrected chi connectivity index (χ2v) is 3.07. The van der Waals surface area contributed by atoms with E-state index in [2.05, 4.69) is 5.48 Å². The zero-order chi connectivity index (χ0) is 10.4. The van der Waals surface area contributed by atoms with E-state index in [4.69, 9.17) is 9.94 Å². The van der Waals surface area contributed by atoms with Gasteiger partial charge in [-0.3, -0.25) is 10.7 Å². The summed E-state index contributed by atoms with van der Waals surface area (Å²) < 4.78 is 5.44. The maximum atomic E-state index is 8.61. The van der Waals surface area contributed by atoms with E-state index >= 15 is 0 Å². The van der Waals surface area contributed by atoms with Crippen LogP contribution in [0.3, 0.4) is 0 Å². The maximum Gasteiger partial charge on any atom is 0.114 e. The number of hydrogen-bond acceptors (Lipinski definition) is 3. The predicted molar refractivity (Wildman–Crippen MR) is 54.5 cm³/mol. The summed E-state index contributed by atoms with van der Waals surface area (Å²) in [4.78, 5) is 0. The number of allylic oxidation sites excluding steroid dienone is 2. The lowest BCUT2D eigenvalue weighted by Crippen LogP contribution is -2.07. The van der Waals surface area contributed by atoms with Crippen molar-refractivity contribution in [2.24, 2.45) is 0 Å². The molecule has 0 fully saturated rings. The van der Waals surface area contributed by atoms with E-state index in [1.54, 1.807) is 6.92 Å². The molecule has 1 aromatic rings. The van der Waals surface area contributed by atoms with Crippen molar-refractivity contribution >= 4 is 0 Å². The molecule has 0 saturated carbocycles. The van der Waals surface area contributed by atoms with Crippen molar-refractivity contribution in [3.63, 3.8) is 0 Å². The summed E-state index contributed by atoms with van der Waals surface area (Å²) >= 11 is 0. The number of hydrogen-bond donors (Lipinski definition) is 2. The second kappa shape index (κ2) is 5.29. The van der Waals surface area contributed by atoms with Crippen LogP contribution in [-0.2, 0) is 11.3 Å². The van der Waals surface area contributed by atoms with Gasteiger partial charge in [-0.25, -0.2) is 0 Å². The minimum absolute atomic E-state index is 0.520. The third-order valence-corrected chi connectivity index (χ3v) is 1.99. The topological polar surface area (TPSA) is 41.5 Å². The lowest BCUT2D eigenvalue weighted by Gasteiger charge is -2.09. The number of nitrogens with one attached hydrogen (secondary N) is 1. The van der Waals surface area contributed by atoms with Gasteiger partial charge in [-0.15, -0.1) is 0 Å². The van der Waals surface area contributed by atoms with Gasteiger partial charge >= 0.3 is 0 Å². The lowest BCUT2D eigenvalue weighted by molar-refractivity contribution is 0.162. The summed E-state index contributed by atoms with van der Waals surface area (Å²) in [6.45, 7) is 4.08. The minimum atomic E-state index is 0.520. The van der Waals surface area contributed by atoms with Gasteiger partial charge in [0.2, 0.25) is 0 Å². The van der Waals surface area contributed by atoms with Crippen LogP contribution in [0.1, 0.15) is 19.4 Å². The van der Waals surface area contributed by atoms with Crippen molar-refractivity contribution in [3.05, 3.63) is 47.4 Å². The molecule has 0 amide bonds. The third kappa shape index (κ3) is 3.11. The Kier molecular flexibility index (Phi) is 4.01. The van der Waals surface area contributed by atoms with E-state index in [0.717, 1.165) is 5.56 Å². The fraction of sp³-hybridized carbons (Fsp3) is 0.273. The quantitative estimate of drug-likeness (QED) is 0.570. The Morgan fingerprint density at radius 3 is 2.50 bits per heavy atom. The smallest absolute Gasteiger partial charge is 0.114 e. The van der Waals surface area contributed by atoms with Crippen LogP contribution in [0.2, 0.25) is 0 Å². The first-order valence-electron chi connectivity index (χ1n) is 4.48. The Labute approximate surface area is 84.0 Å². The number of benzene rings is 1. The molecule has 0 heterocycles. The zero-order valence-electron chi connectivity index (χ0n) is 8.45. The standard InChI is InChI=1S/C11H15NO2/c1-9(12-13)10(2)14-8-11-6-4-3-5-7-11/h3-7,12-13H,8H2,1-2H3/b10-9-. The van der Waals surface area contributed by atoms with E-state index in [0.29, 0.717) is 18.1 Å². The molecule has 0 aliphatic heterocycles. The summed E-state index contributed by atoms with van der Waals surface area (Å²) in [5, 5.41) is 8.61. The SMILES string of the molecule is C/C(NO)=C(\C)OCc1ccccc1. The summed E-state index contributed by atoms with van der Waals surface area (Å²) in [5.41, 5.74) is 3.79. The van der Waals surface area contributed by atoms with Gasteiger partial charge in [0.1, 0.15) is 12.4 Å². The number of rotatable bonds is 4. The van der Waals surface area contributed by atoms with Gasteiger partial charge < -0.3 is 4.74 Å². The molecule has 76 valence electrons. The average Bonchev–Trinajstić information content (AvgIpc) is 2.26. The van der Waals surface area contributed by atoms with Crippen LogP contribution >= 0.6 is 0 Å². The Morgan fingerprint density at radius 1 is 1.29 bits per heavy atom. The first-order valence-corrected chi connectivity index (χ1v) is 4.48. The molecule has 0 aliphatic carbocycles. The Morgan fingerprint density at radius 2 is 1.93 bits per heavy atom. The molecular formula is C11H15NO2. The van der Waals surface area contributed by atoms with Gasteiger partial charge in [-0.1, -0.05) is 30.3 Å². The van der Waals surface area contributed by atoms with Crippen LogP contribution in [0.25, 0.3) is 0 Å². The second-order valence-electron chi connectivity index (χ2n) is 3.07. The first kappa shape index (κ1) is 10.6. The minimum Gasteiger partial charge on any atom is -0.492 e. The summed E-state index contributed by atoms with van der Waals surface area (Å²) in [7, 11) is 0. The van der Waals surface area contributed by atoms with E-state index in [9.17, 15) is 0 Å². The normalized spacial score (nSPS) is 11.9. The monoisotopic (exact) mass is 193 g/mol. The fourth-order valence-electron chi connectivity index (χ4n) is 0.953. The molecule has 0 saturated heterocycles. The molecular weight excluding hydrogens is 178 g/mol. The van der Waals surface area contributed by atoms with Crippen LogP contribution in [0.4, 0.5) is 0 Å². The lowest BCUT2D eigenvalue weighted by atomic mass is 10.2. The van der Waals surface area contributed by atoms with E-state index in [1.807, 2.05) is 37.3 Å². The van der Waals surface area contributed by atoms with Crippen molar-refractivity contribution in [3.8, 4) is 0 Å². The van der Waals surface area contributed by atoms with Crippen molar-refractivity contribution in [1.29, 1.82) is 0 Å². The molecule has 3 nitrogen and oxygen atoms in total. The average molecular weight is 193 g/mol. The van der Waals surface area contributed by atoms with Crippen LogP contribution in [0.15, 0.2) is 41.8 Å². The maximum absolute atomic E-state index is 8.61. The molecule has 1 rings (SSSR count). The fourth-order valence-corrected chi connectivity index (χ4v) is 0.953. The number of hydroxylamine groups is 1. The summed E-state index contributed by atoms with van der Waals surface area (Å²) in [6, 6.07) is 9.89. The highest BCUT2D eigenvalue weighted by Gasteiger charge is 1.97. The van der Waals surface area contributed by atoms with Gasteiger partial charge in [0.15, 0.2) is 0 Å². The van der Waals surface area contributed by atoms with Crippen molar-refractivity contribution in [2.75, 3.05) is 0 Å². The summed E-state index contributed by atoms with van der Waals surface area (Å²) in [5.74, 6) is 0.691. The van der Waals surface area contributed by atoms with Gasteiger partial charge in [0.05, 0.1) is 5.70 Å². The number of ether oxygens (including phenoxy) is 1. The molecule has 0 aliphatic rings. The van der Waals surface area contributed by atoms with Crippen LogP contribution in [0.5, 0.6) is 0 Å². The first-order chi connectivity index (χ1) is 6.74. The molecule has 3 heteroatoms. The van der Waals surface area contributed by atoms with E-state index < -0.39 is 0 Å². The van der Waals surface area contributed by atoms with Crippen LogP contribution in [-0.4, -0.2) is 5.21 Å².